The molecule has 0 heterocycles. The van der Waals surface area contributed by atoms with E-state index in [2.05, 4.69) is 17.6 Å². The fourth-order valence-corrected chi connectivity index (χ4v) is 4.81. The average molecular weight is 566 g/mol. The van der Waals surface area contributed by atoms with Crippen molar-refractivity contribution in [2.75, 3.05) is 11.9 Å². The smallest absolute Gasteiger partial charge is 0.408 e. The molecule has 2 rings (SSSR count). The molecule has 7 heteroatoms. The summed E-state index contributed by atoms with van der Waals surface area (Å²) in [5, 5.41) is 5.91. The van der Waals surface area contributed by atoms with Crippen molar-refractivity contribution in [3.05, 3.63) is 64.7 Å². The maximum atomic E-state index is 14.4. The van der Waals surface area contributed by atoms with Crippen LogP contribution in [0.4, 0.5) is 10.5 Å². The molecule has 0 fully saturated rings. The summed E-state index contributed by atoms with van der Waals surface area (Å²) in [4.78, 5) is 43.1. The summed E-state index contributed by atoms with van der Waals surface area (Å²) in [6.45, 7) is 17.6. The minimum atomic E-state index is -0.880. The molecule has 2 N–H and O–H groups in total. The summed E-state index contributed by atoms with van der Waals surface area (Å²) in [6.07, 6.45) is 4.34. The predicted octanol–water partition coefficient (Wildman–Crippen LogP) is 7.64. The average Bonchev–Trinajstić information content (AvgIpc) is 2.88. The van der Waals surface area contributed by atoms with Crippen molar-refractivity contribution >= 4 is 23.6 Å². The predicted molar refractivity (Wildman–Crippen MR) is 167 cm³/mol. The van der Waals surface area contributed by atoms with Crippen LogP contribution >= 0.6 is 0 Å². The van der Waals surface area contributed by atoms with Crippen molar-refractivity contribution in [3.63, 3.8) is 0 Å². The summed E-state index contributed by atoms with van der Waals surface area (Å²) < 4.78 is 5.49. The second kappa shape index (κ2) is 15.6. The normalized spacial score (nSPS) is 12.9. The van der Waals surface area contributed by atoms with Gasteiger partial charge in [-0.2, -0.15) is 0 Å². The summed E-state index contributed by atoms with van der Waals surface area (Å²) in [6, 6.07) is 11.7. The number of rotatable bonds is 13. The van der Waals surface area contributed by atoms with Gasteiger partial charge in [0.2, 0.25) is 5.91 Å². The molecule has 0 aromatic heterocycles. The first-order valence-electron chi connectivity index (χ1n) is 15.0. The van der Waals surface area contributed by atoms with E-state index in [0.29, 0.717) is 12.2 Å². The molecule has 0 saturated heterocycles. The topological polar surface area (TPSA) is 87.7 Å². The lowest BCUT2D eigenvalue weighted by Gasteiger charge is -2.36. The number of para-hydroxylation sites is 1. The molecule has 0 spiro atoms. The molecule has 3 amide bonds. The van der Waals surface area contributed by atoms with E-state index >= 15 is 0 Å². The lowest BCUT2D eigenvalue weighted by Crippen LogP contribution is -2.54. The molecule has 2 aromatic rings. The Morgan fingerprint density at radius 1 is 0.878 bits per heavy atom. The Bertz CT molecular complexity index is 1170. The number of hydrogen-bond donors (Lipinski definition) is 2. The zero-order chi connectivity index (χ0) is 30.7. The number of nitrogens with zero attached hydrogens (tertiary/aromatic N) is 1. The Balaban J connectivity index is 2.58. The van der Waals surface area contributed by atoms with Crippen LogP contribution in [0.3, 0.4) is 0 Å². The van der Waals surface area contributed by atoms with Crippen molar-refractivity contribution in [1.82, 2.24) is 10.2 Å². The third-order valence-corrected chi connectivity index (χ3v) is 7.29. The zero-order valence-corrected chi connectivity index (χ0v) is 26.6. The molecular formula is C34H51N3O4. The van der Waals surface area contributed by atoms with Crippen LogP contribution in [-0.4, -0.2) is 41.0 Å². The minimum Gasteiger partial charge on any atom is -0.444 e. The van der Waals surface area contributed by atoms with E-state index in [4.69, 9.17) is 4.74 Å². The van der Waals surface area contributed by atoms with Gasteiger partial charge in [-0.15, -0.1) is 0 Å². The highest BCUT2D eigenvalue weighted by Crippen LogP contribution is 2.30. The van der Waals surface area contributed by atoms with Gasteiger partial charge < -0.3 is 20.3 Å². The molecule has 2 atom stereocenters. The molecule has 41 heavy (non-hydrogen) atoms. The first kappa shape index (κ1) is 33.9. The van der Waals surface area contributed by atoms with Crippen LogP contribution in [-0.2, 0) is 14.3 Å². The van der Waals surface area contributed by atoms with Gasteiger partial charge in [-0.05, 0) is 82.2 Å². The highest BCUT2D eigenvalue weighted by Gasteiger charge is 2.38. The Labute approximate surface area is 247 Å². The number of hydrogen-bond acceptors (Lipinski definition) is 4. The zero-order valence-electron chi connectivity index (χ0n) is 26.6. The lowest BCUT2D eigenvalue weighted by atomic mass is 9.93. The van der Waals surface area contributed by atoms with Gasteiger partial charge in [0.05, 0.1) is 0 Å². The summed E-state index contributed by atoms with van der Waals surface area (Å²) in [7, 11) is 0. The first-order chi connectivity index (χ1) is 19.3. The Morgan fingerprint density at radius 3 is 2.12 bits per heavy atom. The van der Waals surface area contributed by atoms with Crippen LogP contribution in [0.2, 0.25) is 0 Å². The van der Waals surface area contributed by atoms with E-state index in [1.807, 2.05) is 77.1 Å². The second-order valence-electron chi connectivity index (χ2n) is 12.3. The van der Waals surface area contributed by atoms with E-state index in [9.17, 15) is 14.4 Å². The number of carbonyl (C=O) groups is 3. The van der Waals surface area contributed by atoms with Crippen LogP contribution in [0, 0.1) is 26.7 Å². The number of benzene rings is 2. The number of anilines is 1. The van der Waals surface area contributed by atoms with E-state index in [1.54, 1.807) is 25.7 Å². The molecule has 0 aliphatic rings. The SMILES string of the molecule is CCCCCCCN(C(=O)C(NC(=O)OC(C)(C)C)C(C)C)C(C(=O)Nc1ccccc1C)c1cccc(C)c1C. The summed E-state index contributed by atoms with van der Waals surface area (Å²) in [5.74, 6) is -0.807. The van der Waals surface area contributed by atoms with Gasteiger partial charge in [0, 0.05) is 12.2 Å². The quantitative estimate of drug-likeness (QED) is 0.244. The molecule has 226 valence electrons. The molecule has 2 aromatic carbocycles. The Hall–Kier alpha value is -3.35. The largest absolute Gasteiger partial charge is 0.444 e. The van der Waals surface area contributed by atoms with Crippen LogP contribution in [0.1, 0.15) is 102 Å². The molecular weight excluding hydrogens is 514 g/mol. The van der Waals surface area contributed by atoms with Gasteiger partial charge in [0.1, 0.15) is 17.7 Å². The fourth-order valence-electron chi connectivity index (χ4n) is 4.81. The second-order valence-corrected chi connectivity index (χ2v) is 12.3. The molecule has 7 nitrogen and oxygen atoms in total. The Kier molecular flexibility index (Phi) is 12.9. The van der Waals surface area contributed by atoms with Crippen LogP contribution in [0.5, 0.6) is 0 Å². The van der Waals surface area contributed by atoms with E-state index < -0.39 is 23.8 Å². The van der Waals surface area contributed by atoms with Gasteiger partial charge in [-0.1, -0.05) is 82.9 Å². The summed E-state index contributed by atoms with van der Waals surface area (Å²) in [5.41, 5.74) is 3.71. The first-order valence-corrected chi connectivity index (χ1v) is 15.0. The van der Waals surface area contributed by atoms with Crippen LogP contribution in [0.25, 0.3) is 0 Å². The van der Waals surface area contributed by atoms with E-state index in [1.165, 1.54) is 0 Å². The van der Waals surface area contributed by atoms with Gasteiger partial charge >= 0.3 is 6.09 Å². The van der Waals surface area contributed by atoms with Gasteiger partial charge in [-0.3, -0.25) is 9.59 Å². The third kappa shape index (κ3) is 10.2. The number of alkyl carbamates (subject to hydrolysis) is 1. The molecule has 0 aliphatic heterocycles. The molecule has 0 radical (unpaired) electrons. The van der Waals surface area contributed by atoms with Crippen molar-refractivity contribution in [1.29, 1.82) is 0 Å². The number of carbonyl (C=O) groups excluding carboxylic acids is 3. The van der Waals surface area contributed by atoms with Gasteiger partial charge in [-0.25, -0.2) is 4.79 Å². The number of ether oxygens (including phenoxy) is 1. The van der Waals surface area contributed by atoms with Crippen molar-refractivity contribution < 1.29 is 19.1 Å². The maximum absolute atomic E-state index is 14.4. The Morgan fingerprint density at radius 2 is 1.51 bits per heavy atom. The molecule has 0 saturated carbocycles. The molecule has 2 unspecified atom stereocenters. The van der Waals surface area contributed by atoms with E-state index in [0.717, 1.165) is 54.4 Å². The number of nitrogens with one attached hydrogen (secondary N) is 2. The van der Waals surface area contributed by atoms with Gasteiger partial charge in [0.25, 0.3) is 5.91 Å². The van der Waals surface area contributed by atoms with Crippen molar-refractivity contribution in [2.24, 2.45) is 5.92 Å². The van der Waals surface area contributed by atoms with Crippen molar-refractivity contribution in [2.45, 2.75) is 112 Å². The lowest BCUT2D eigenvalue weighted by molar-refractivity contribution is -0.141. The number of aryl methyl sites for hydroxylation is 2. The monoisotopic (exact) mass is 565 g/mol. The highest BCUT2D eigenvalue weighted by molar-refractivity contribution is 5.99. The maximum Gasteiger partial charge on any atom is 0.408 e. The summed E-state index contributed by atoms with van der Waals surface area (Å²) >= 11 is 0. The van der Waals surface area contributed by atoms with Crippen LogP contribution in [0.15, 0.2) is 42.5 Å². The number of unbranched alkanes of at least 4 members (excludes halogenated alkanes) is 4. The standard InChI is InChI=1S/C34H51N3O4/c1-10-11-12-13-16-22-37(32(39)29(23(2)3)36-33(40)41-34(7,8)9)30(27-20-17-19-24(4)26(27)6)31(38)35-28-21-15-14-18-25(28)5/h14-15,17-21,23,29-30H,10-13,16,22H2,1-9H3,(H,35,38)(H,36,40). The van der Waals surface area contributed by atoms with Crippen LogP contribution < -0.4 is 10.6 Å². The highest BCUT2D eigenvalue weighted by atomic mass is 16.6. The van der Waals surface area contributed by atoms with E-state index in [-0.39, 0.29) is 17.7 Å². The molecule has 0 bridgehead atoms. The fraction of sp³-hybridized carbons (Fsp3) is 0.559. The van der Waals surface area contributed by atoms with Gasteiger partial charge in [0.15, 0.2) is 0 Å². The third-order valence-electron chi connectivity index (χ3n) is 7.29. The van der Waals surface area contributed by atoms with Crippen molar-refractivity contribution in [3.8, 4) is 0 Å². The molecule has 0 aliphatic carbocycles. The number of amides is 3. The minimum absolute atomic E-state index is 0.226.